The lowest BCUT2D eigenvalue weighted by Gasteiger charge is -2.15. The van der Waals surface area contributed by atoms with Crippen molar-refractivity contribution in [3.63, 3.8) is 0 Å². The van der Waals surface area contributed by atoms with Gasteiger partial charge in [-0.25, -0.2) is 4.39 Å². The maximum Gasteiger partial charge on any atom is 0.251 e. The van der Waals surface area contributed by atoms with E-state index in [1.165, 1.54) is 12.1 Å². The Morgan fingerprint density at radius 3 is 2.88 bits per heavy atom. The van der Waals surface area contributed by atoms with Crippen LogP contribution in [-0.2, 0) is 0 Å². The molecule has 1 atom stereocenters. The van der Waals surface area contributed by atoms with E-state index >= 15 is 0 Å². The fourth-order valence-corrected chi connectivity index (χ4v) is 1.54. The van der Waals surface area contributed by atoms with Gasteiger partial charge in [-0.2, -0.15) is 0 Å². The summed E-state index contributed by atoms with van der Waals surface area (Å²) < 4.78 is 13.1. The summed E-state index contributed by atoms with van der Waals surface area (Å²) in [5.74, 6) is 1.83. The first kappa shape index (κ1) is 13.2. The molecule has 0 aliphatic rings. The molecule has 0 aliphatic carbocycles. The molecule has 1 aromatic rings. The standard InChI is InChI=1S/C14H16FNO/c1-4-6-12(5-2)16-14(17)13-9-11(15)8-7-10(13)3/h1,7-9,12H,5-6H2,2-3H3,(H,16,17). The van der Waals surface area contributed by atoms with Gasteiger partial charge in [-0.05, 0) is 31.0 Å². The Kier molecular flexibility index (Phi) is 4.71. The maximum atomic E-state index is 13.1. The minimum Gasteiger partial charge on any atom is -0.348 e. The van der Waals surface area contributed by atoms with Gasteiger partial charge in [-0.3, -0.25) is 4.79 Å². The number of benzene rings is 1. The van der Waals surface area contributed by atoms with Gasteiger partial charge in [0.15, 0.2) is 0 Å². The van der Waals surface area contributed by atoms with Crippen LogP contribution in [0.15, 0.2) is 18.2 Å². The van der Waals surface area contributed by atoms with Gasteiger partial charge in [-0.1, -0.05) is 13.0 Å². The van der Waals surface area contributed by atoms with Crippen molar-refractivity contribution in [2.75, 3.05) is 0 Å². The number of carbonyl (C=O) groups excluding carboxylic acids is 1. The normalized spacial score (nSPS) is 11.6. The molecule has 1 amide bonds. The highest BCUT2D eigenvalue weighted by Gasteiger charge is 2.13. The lowest BCUT2D eigenvalue weighted by molar-refractivity contribution is 0.0935. The maximum absolute atomic E-state index is 13.1. The largest absolute Gasteiger partial charge is 0.348 e. The third-order valence-corrected chi connectivity index (χ3v) is 2.64. The van der Waals surface area contributed by atoms with Gasteiger partial charge in [0.1, 0.15) is 5.82 Å². The van der Waals surface area contributed by atoms with Crippen molar-refractivity contribution in [2.45, 2.75) is 32.7 Å². The summed E-state index contributed by atoms with van der Waals surface area (Å²) in [6, 6.07) is 4.11. The monoisotopic (exact) mass is 233 g/mol. The predicted molar refractivity (Wildman–Crippen MR) is 66.1 cm³/mol. The Labute approximate surface area is 101 Å². The van der Waals surface area contributed by atoms with E-state index in [-0.39, 0.29) is 11.9 Å². The van der Waals surface area contributed by atoms with Crippen molar-refractivity contribution in [2.24, 2.45) is 0 Å². The number of hydrogen-bond acceptors (Lipinski definition) is 1. The Balaban J connectivity index is 2.82. The number of hydrogen-bond donors (Lipinski definition) is 1. The van der Waals surface area contributed by atoms with Crippen LogP contribution in [0.5, 0.6) is 0 Å². The highest BCUT2D eigenvalue weighted by Crippen LogP contribution is 2.11. The molecule has 17 heavy (non-hydrogen) atoms. The second-order valence-corrected chi connectivity index (χ2v) is 3.95. The van der Waals surface area contributed by atoms with E-state index in [1.54, 1.807) is 13.0 Å². The third kappa shape index (κ3) is 3.60. The molecule has 1 unspecified atom stereocenters. The highest BCUT2D eigenvalue weighted by atomic mass is 19.1. The Morgan fingerprint density at radius 1 is 1.59 bits per heavy atom. The summed E-state index contributed by atoms with van der Waals surface area (Å²) in [5.41, 5.74) is 1.11. The van der Waals surface area contributed by atoms with Gasteiger partial charge < -0.3 is 5.32 Å². The molecule has 0 fully saturated rings. The number of terminal acetylenes is 1. The fraction of sp³-hybridized carbons (Fsp3) is 0.357. The highest BCUT2D eigenvalue weighted by molar-refractivity contribution is 5.95. The van der Waals surface area contributed by atoms with Crippen LogP contribution in [0.25, 0.3) is 0 Å². The van der Waals surface area contributed by atoms with Crippen LogP contribution in [0.2, 0.25) is 0 Å². The van der Waals surface area contributed by atoms with Crippen LogP contribution in [0.1, 0.15) is 35.7 Å². The molecule has 0 bridgehead atoms. The minimum atomic E-state index is -0.411. The minimum absolute atomic E-state index is 0.0600. The number of aryl methyl sites for hydroxylation is 1. The van der Waals surface area contributed by atoms with Gasteiger partial charge in [-0.15, -0.1) is 12.3 Å². The molecule has 90 valence electrons. The molecule has 1 rings (SSSR count). The van der Waals surface area contributed by atoms with Crippen LogP contribution < -0.4 is 5.32 Å². The van der Waals surface area contributed by atoms with Gasteiger partial charge in [0.25, 0.3) is 5.91 Å². The van der Waals surface area contributed by atoms with Crippen molar-refractivity contribution in [3.05, 3.63) is 35.1 Å². The van der Waals surface area contributed by atoms with Crippen LogP contribution in [0.3, 0.4) is 0 Å². The van der Waals surface area contributed by atoms with Crippen molar-refractivity contribution >= 4 is 5.91 Å². The van der Waals surface area contributed by atoms with Gasteiger partial charge >= 0.3 is 0 Å². The molecule has 0 radical (unpaired) electrons. The molecular formula is C14H16FNO. The van der Waals surface area contributed by atoms with Crippen LogP contribution >= 0.6 is 0 Å². The van der Waals surface area contributed by atoms with Crippen molar-refractivity contribution in [3.8, 4) is 12.3 Å². The third-order valence-electron chi connectivity index (χ3n) is 2.64. The second kappa shape index (κ2) is 6.05. The molecular weight excluding hydrogens is 217 g/mol. The SMILES string of the molecule is C#CCC(CC)NC(=O)c1cc(F)ccc1C. The summed E-state index contributed by atoms with van der Waals surface area (Å²) in [6.07, 6.45) is 6.45. The lowest BCUT2D eigenvalue weighted by Crippen LogP contribution is -2.34. The molecule has 0 saturated heterocycles. The molecule has 1 aromatic carbocycles. The van der Waals surface area contributed by atoms with Crippen molar-refractivity contribution < 1.29 is 9.18 Å². The molecule has 1 N–H and O–H groups in total. The zero-order valence-corrected chi connectivity index (χ0v) is 10.1. The van der Waals surface area contributed by atoms with E-state index in [1.807, 2.05) is 6.92 Å². The summed E-state index contributed by atoms with van der Waals surface area (Å²) in [6.45, 7) is 3.72. The second-order valence-electron chi connectivity index (χ2n) is 3.95. The van der Waals surface area contributed by atoms with E-state index in [4.69, 9.17) is 6.42 Å². The number of rotatable bonds is 4. The zero-order valence-electron chi connectivity index (χ0n) is 10.1. The van der Waals surface area contributed by atoms with Crippen molar-refractivity contribution in [1.29, 1.82) is 0 Å². The van der Waals surface area contributed by atoms with Gasteiger partial charge in [0, 0.05) is 18.0 Å². The molecule has 0 saturated carbocycles. The fourth-order valence-electron chi connectivity index (χ4n) is 1.54. The molecule has 3 heteroatoms. The average Bonchev–Trinajstić information content (AvgIpc) is 2.31. The van der Waals surface area contributed by atoms with Gasteiger partial charge in [0.2, 0.25) is 0 Å². The van der Waals surface area contributed by atoms with Crippen LogP contribution in [0, 0.1) is 25.1 Å². The number of halogens is 1. The first-order chi connectivity index (χ1) is 8.08. The molecule has 0 aliphatic heterocycles. The Morgan fingerprint density at radius 2 is 2.29 bits per heavy atom. The topological polar surface area (TPSA) is 29.1 Å². The summed E-state index contributed by atoms with van der Waals surface area (Å²) in [5, 5.41) is 2.80. The molecule has 0 spiro atoms. The zero-order chi connectivity index (χ0) is 12.8. The first-order valence-corrected chi connectivity index (χ1v) is 5.59. The van der Waals surface area contributed by atoms with Gasteiger partial charge in [0.05, 0.1) is 0 Å². The number of carbonyl (C=O) groups is 1. The lowest BCUT2D eigenvalue weighted by atomic mass is 10.1. The molecule has 2 nitrogen and oxygen atoms in total. The smallest absolute Gasteiger partial charge is 0.251 e. The van der Waals surface area contributed by atoms with Crippen molar-refractivity contribution in [1.82, 2.24) is 5.32 Å². The summed E-state index contributed by atoms with van der Waals surface area (Å²) in [7, 11) is 0. The van der Waals surface area contributed by atoms with Crippen LogP contribution in [-0.4, -0.2) is 11.9 Å². The first-order valence-electron chi connectivity index (χ1n) is 5.59. The van der Waals surface area contributed by atoms with E-state index in [2.05, 4.69) is 11.2 Å². The van der Waals surface area contributed by atoms with E-state index in [0.717, 1.165) is 12.0 Å². The van der Waals surface area contributed by atoms with E-state index in [0.29, 0.717) is 12.0 Å². The van der Waals surface area contributed by atoms with Crippen LogP contribution in [0.4, 0.5) is 4.39 Å². The van der Waals surface area contributed by atoms with E-state index in [9.17, 15) is 9.18 Å². The summed E-state index contributed by atoms with van der Waals surface area (Å²) >= 11 is 0. The quantitative estimate of drug-likeness (QED) is 0.796. The number of nitrogens with one attached hydrogen (secondary N) is 1. The summed E-state index contributed by atoms with van der Waals surface area (Å²) in [4.78, 5) is 11.9. The average molecular weight is 233 g/mol. The van der Waals surface area contributed by atoms with E-state index < -0.39 is 5.82 Å². The predicted octanol–water partition coefficient (Wildman–Crippen LogP) is 2.67. The molecule has 0 aromatic heterocycles. The number of amides is 1. The Hall–Kier alpha value is -1.82. The Bertz CT molecular complexity index is 448. The molecule has 0 heterocycles.